The Morgan fingerprint density at radius 1 is 1.08 bits per heavy atom. The summed E-state index contributed by atoms with van der Waals surface area (Å²) < 4.78 is 5.59. The van der Waals surface area contributed by atoms with Crippen LogP contribution in [0.25, 0.3) is 23.1 Å². The second kappa shape index (κ2) is 6.91. The minimum absolute atomic E-state index is 0.0669. The molecular formula is C19H16N2O3. The van der Waals surface area contributed by atoms with Crippen molar-refractivity contribution < 1.29 is 9.66 Å². The summed E-state index contributed by atoms with van der Waals surface area (Å²) in [6.07, 6.45) is 3.80. The zero-order valence-electron chi connectivity index (χ0n) is 13.2. The van der Waals surface area contributed by atoms with Crippen molar-refractivity contribution in [3.05, 3.63) is 76.0 Å². The van der Waals surface area contributed by atoms with Gasteiger partial charge in [0.15, 0.2) is 0 Å². The van der Waals surface area contributed by atoms with Gasteiger partial charge >= 0.3 is 0 Å². The van der Waals surface area contributed by atoms with E-state index in [0.29, 0.717) is 17.5 Å². The number of ether oxygens (including phenoxy) is 1. The lowest BCUT2D eigenvalue weighted by atomic mass is 10.1. The minimum atomic E-state index is -0.391. The zero-order chi connectivity index (χ0) is 16.9. The molecule has 2 aromatic carbocycles. The predicted octanol–water partition coefficient (Wildman–Crippen LogP) is 4.71. The number of fused-ring (bicyclic) bond motifs is 1. The average molecular weight is 320 g/mol. The maximum absolute atomic E-state index is 11.1. The first-order valence-corrected chi connectivity index (χ1v) is 7.63. The number of aromatic nitrogens is 1. The average Bonchev–Trinajstić information content (AvgIpc) is 2.60. The molecule has 1 aromatic heterocycles. The molecule has 0 radical (unpaired) electrons. The van der Waals surface area contributed by atoms with E-state index in [-0.39, 0.29) is 5.69 Å². The van der Waals surface area contributed by atoms with Crippen molar-refractivity contribution in [2.75, 3.05) is 6.61 Å². The fourth-order valence-corrected chi connectivity index (χ4v) is 2.49. The van der Waals surface area contributed by atoms with Crippen LogP contribution >= 0.6 is 0 Å². The third-order valence-electron chi connectivity index (χ3n) is 3.58. The van der Waals surface area contributed by atoms with Crippen LogP contribution in [0.5, 0.6) is 5.75 Å². The number of para-hydroxylation sites is 1. The van der Waals surface area contributed by atoms with Crippen LogP contribution in [-0.2, 0) is 0 Å². The maximum Gasteiger partial charge on any atom is 0.278 e. The van der Waals surface area contributed by atoms with Gasteiger partial charge in [-0.05, 0) is 43.3 Å². The Kier molecular flexibility index (Phi) is 4.52. The molecule has 0 aliphatic carbocycles. The third kappa shape index (κ3) is 3.25. The van der Waals surface area contributed by atoms with Gasteiger partial charge in [0.1, 0.15) is 5.75 Å². The summed E-state index contributed by atoms with van der Waals surface area (Å²) in [5.41, 5.74) is 2.36. The Morgan fingerprint density at radius 2 is 1.92 bits per heavy atom. The van der Waals surface area contributed by atoms with Crippen molar-refractivity contribution in [1.29, 1.82) is 0 Å². The van der Waals surface area contributed by atoms with Gasteiger partial charge in [-0.15, -0.1) is 0 Å². The van der Waals surface area contributed by atoms with Gasteiger partial charge in [-0.3, -0.25) is 10.1 Å². The zero-order valence-corrected chi connectivity index (χ0v) is 13.2. The number of hydrogen-bond donors (Lipinski definition) is 0. The molecule has 0 unspecified atom stereocenters. The summed E-state index contributed by atoms with van der Waals surface area (Å²) in [4.78, 5) is 15.1. The molecule has 0 fully saturated rings. The van der Waals surface area contributed by atoms with Crippen LogP contribution in [0, 0.1) is 10.1 Å². The summed E-state index contributed by atoms with van der Waals surface area (Å²) in [5, 5.41) is 11.6. The third-order valence-corrected chi connectivity index (χ3v) is 3.58. The summed E-state index contributed by atoms with van der Waals surface area (Å²) in [6.45, 7) is 2.54. The largest absolute Gasteiger partial charge is 0.493 e. The van der Waals surface area contributed by atoms with Gasteiger partial charge in [0.2, 0.25) is 0 Å². The Bertz CT molecular complexity index is 919. The molecule has 24 heavy (non-hydrogen) atoms. The van der Waals surface area contributed by atoms with E-state index in [4.69, 9.17) is 4.74 Å². The monoisotopic (exact) mass is 320 g/mol. The highest BCUT2D eigenvalue weighted by Gasteiger charge is 2.11. The van der Waals surface area contributed by atoms with E-state index in [1.54, 1.807) is 24.3 Å². The van der Waals surface area contributed by atoms with Crippen LogP contribution in [0.3, 0.4) is 0 Å². The second-order valence-electron chi connectivity index (χ2n) is 5.14. The van der Waals surface area contributed by atoms with E-state index in [1.807, 2.05) is 43.3 Å². The van der Waals surface area contributed by atoms with Gasteiger partial charge in [-0.2, -0.15) is 0 Å². The molecule has 0 saturated carbocycles. The lowest BCUT2D eigenvalue weighted by Crippen LogP contribution is -1.93. The van der Waals surface area contributed by atoms with E-state index >= 15 is 0 Å². The van der Waals surface area contributed by atoms with Gasteiger partial charge < -0.3 is 4.74 Å². The predicted molar refractivity (Wildman–Crippen MR) is 94.9 cm³/mol. The van der Waals surface area contributed by atoms with Crippen LogP contribution in [0.4, 0.5) is 5.69 Å². The molecule has 0 bridgehead atoms. The number of nitrogens with zero attached hydrogens (tertiary/aromatic N) is 2. The Labute approximate surface area is 139 Å². The first-order chi connectivity index (χ1) is 11.7. The molecule has 5 nitrogen and oxygen atoms in total. The summed E-state index contributed by atoms with van der Waals surface area (Å²) in [6, 6.07) is 16.2. The maximum atomic E-state index is 11.1. The number of hydrogen-bond acceptors (Lipinski definition) is 4. The Balaban J connectivity index is 1.95. The lowest BCUT2D eigenvalue weighted by molar-refractivity contribution is -0.383. The van der Waals surface area contributed by atoms with Gasteiger partial charge in [0.25, 0.3) is 5.69 Å². The molecule has 0 saturated heterocycles. The molecule has 0 aliphatic rings. The number of nitro groups is 1. The van der Waals surface area contributed by atoms with Gasteiger partial charge in [0.05, 0.1) is 28.1 Å². The molecule has 0 spiro atoms. The van der Waals surface area contributed by atoms with Crippen molar-refractivity contribution in [3.63, 3.8) is 0 Å². The van der Waals surface area contributed by atoms with E-state index in [9.17, 15) is 10.1 Å². The summed E-state index contributed by atoms with van der Waals surface area (Å²) in [5.74, 6) is 0.813. The summed E-state index contributed by atoms with van der Waals surface area (Å²) in [7, 11) is 0. The number of non-ortho nitro benzene ring substituents is 1. The van der Waals surface area contributed by atoms with E-state index in [0.717, 1.165) is 17.0 Å². The van der Waals surface area contributed by atoms with Gasteiger partial charge in [0, 0.05) is 11.6 Å². The van der Waals surface area contributed by atoms with Crippen LogP contribution in [0.2, 0.25) is 0 Å². The first kappa shape index (κ1) is 15.7. The van der Waals surface area contributed by atoms with Crippen molar-refractivity contribution in [3.8, 4) is 5.75 Å². The van der Waals surface area contributed by atoms with Crippen LogP contribution in [0.1, 0.15) is 18.2 Å². The van der Waals surface area contributed by atoms with Crippen molar-refractivity contribution in [2.45, 2.75) is 6.92 Å². The molecule has 0 N–H and O–H groups in total. The van der Waals surface area contributed by atoms with Crippen LogP contribution < -0.4 is 4.74 Å². The first-order valence-electron chi connectivity index (χ1n) is 7.63. The molecule has 3 rings (SSSR count). The highest BCUT2D eigenvalue weighted by molar-refractivity contribution is 5.89. The van der Waals surface area contributed by atoms with Crippen molar-refractivity contribution >= 4 is 28.7 Å². The molecule has 0 aliphatic heterocycles. The normalized spacial score (nSPS) is 11.0. The topological polar surface area (TPSA) is 65.3 Å². The smallest absolute Gasteiger partial charge is 0.278 e. The molecule has 5 heteroatoms. The van der Waals surface area contributed by atoms with Gasteiger partial charge in [-0.1, -0.05) is 24.3 Å². The van der Waals surface area contributed by atoms with Crippen molar-refractivity contribution in [1.82, 2.24) is 4.98 Å². The molecule has 3 aromatic rings. The van der Waals surface area contributed by atoms with E-state index in [1.165, 1.54) is 6.07 Å². The van der Waals surface area contributed by atoms with Gasteiger partial charge in [-0.25, -0.2) is 4.98 Å². The lowest BCUT2D eigenvalue weighted by Gasteiger charge is -2.06. The highest BCUT2D eigenvalue weighted by atomic mass is 16.6. The minimum Gasteiger partial charge on any atom is -0.493 e. The second-order valence-corrected chi connectivity index (χ2v) is 5.14. The molecule has 1 heterocycles. The standard InChI is InChI=1S/C19H16N2O3/c1-2-24-19-9-4-3-6-14(19)10-11-15-12-13-16-17(20-15)7-5-8-18(16)21(22)23/h3-13H,2H2,1H3/b11-10+. The SMILES string of the molecule is CCOc1ccccc1/C=C/c1ccc2c([N+](=O)[O-])cccc2n1. The quantitative estimate of drug-likeness (QED) is 0.504. The van der Waals surface area contributed by atoms with Crippen molar-refractivity contribution in [2.24, 2.45) is 0 Å². The molecule has 0 amide bonds. The fraction of sp³-hybridized carbons (Fsp3) is 0.105. The number of nitro benzene ring substituents is 1. The summed E-state index contributed by atoms with van der Waals surface area (Å²) >= 11 is 0. The molecular weight excluding hydrogens is 304 g/mol. The van der Waals surface area contributed by atoms with Crippen LogP contribution in [-0.4, -0.2) is 16.5 Å². The fourth-order valence-electron chi connectivity index (χ4n) is 2.49. The Hall–Kier alpha value is -3.21. The van der Waals surface area contributed by atoms with E-state index < -0.39 is 4.92 Å². The van der Waals surface area contributed by atoms with E-state index in [2.05, 4.69) is 4.98 Å². The molecule has 120 valence electrons. The number of benzene rings is 2. The highest BCUT2D eigenvalue weighted by Crippen LogP contribution is 2.25. The molecule has 0 atom stereocenters. The van der Waals surface area contributed by atoms with Crippen LogP contribution in [0.15, 0.2) is 54.6 Å². The Morgan fingerprint density at radius 3 is 2.71 bits per heavy atom. The number of rotatable bonds is 5. The number of pyridine rings is 1.